The van der Waals surface area contributed by atoms with Crippen LogP contribution in [0.25, 0.3) is 0 Å². The average molecular weight is 219 g/mol. The van der Waals surface area contributed by atoms with Crippen LogP contribution in [-0.2, 0) is 0 Å². The van der Waals surface area contributed by atoms with Crippen molar-refractivity contribution in [3.05, 3.63) is 35.4 Å². The zero-order chi connectivity index (χ0) is 11.5. The molecule has 1 N–H and O–H groups in total. The Morgan fingerprint density at radius 3 is 2.94 bits per heavy atom. The van der Waals surface area contributed by atoms with Gasteiger partial charge in [-0.2, -0.15) is 0 Å². The van der Waals surface area contributed by atoms with Gasteiger partial charge in [-0.15, -0.1) is 0 Å². The summed E-state index contributed by atoms with van der Waals surface area (Å²) in [5.41, 5.74) is 0.990. The minimum Gasteiger partial charge on any atom is -0.391 e. The van der Waals surface area contributed by atoms with Crippen LogP contribution in [0.15, 0.2) is 24.3 Å². The Kier molecular flexibility index (Phi) is 3.01. The number of carbonyl (C=O) groups is 2. The zero-order valence-corrected chi connectivity index (χ0v) is 8.80. The van der Waals surface area contributed by atoms with Gasteiger partial charge >= 0.3 is 0 Å². The smallest absolute Gasteiger partial charge is 0.253 e. The molecule has 4 nitrogen and oxygen atoms in total. The SMILES string of the molecule is O=Cc1cccc(C(=O)N2CCC(O)C2)c1. The van der Waals surface area contributed by atoms with Crippen LogP contribution >= 0.6 is 0 Å². The fourth-order valence-corrected chi connectivity index (χ4v) is 1.85. The van der Waals surface area contributed by atoms with E-state index in [0.717, 1.165) is 6.29 Å². The highest BCUT2D eigenvalue weighted by atomic mass is 16.3. The highest BCUT2D eigenvalue weighted by Gasteiger charge is 2.25. The summed E-state index contributed by atoms with van der Waals surface area (Å²) in [6.45, 7) is 0.954. The summed E-state index contributed by atoms with van der Waals surface area (Å²) < 4.78 is 0. The number of likely N-dealkylation sites (tertiary alicyclic amines) is 1. The van der Waals surface area contributed by atoms with Crippen molar-refractivity contribution in [2.24, 2.45) is 0 Å². The summed E-state index contributed by atoms with van der Waals surface area (Å²) in [5.74, 6) is -0.125. The first-order chi connectivity index (χ1) is 7.70. The van der Waals surface area contributed by atoms with Gasteiger partial charge in [-0.05, 0) is 18.6 Å². The van der Waals surface area contributed by atoms with E-state index in [0.29, 0.717) is 30.6 Å². The maximum atomic E-state index is 12.0. The van der Waals surface area contributed by atoms with Crippen LogP contribution in [0.2, 0.25) is 0 Å². The fourth-order valence-electron chi connectivity index (χ4n) is 1.85. The molecule has 2 rings (SSSR count). The van der Waals surface area contributed by atoms with Gasteiger partial charge in [0.15, 0.2) is 0 Å². The minimum absolute atomic E-state index is 0.125. The molecule has 4 heteroatoms. The van der Waals surface area contributed by atoms with E-state index in [-0.39, 0.29) is 5.91 Å². The Bertz CT molecular complexity index is 416. The predicted molar refractivity (Wildman–Crippen MR) is 58.4 cm³/mol. The van der Waals surface area contributed by atoms with Crippen molar-refractivity contribution in [1.29, 1.82) is 0 Å². The Hall–Kier alpha value is -1.68. The maximum Gasteiger partial charge on any atom is 0.253 e. The summed E-state index contributed by atoms with van der Waals surface area (Å²) in [6.07, 6.45) is 0.924. The normalized spacial score (nSPS) is 19.8. The molecule has 1 fully saturated rings. The second kappa shape index (κ2) is 4.45. The molecular weight excluding hydrogens is 206 g/mol. The second-order valence-electron chi connectivity index (χ2n) is 3.94. The topological polar surface area (TPSA) is 57.6 Å². The number of β-amino-alcohol motifs (C(OH)–C–C–N with tert-alkyl or cyclic N) is 1. The largest absolute Gasteiger partial charge is 0.391 e. The van der Waals surface area contributed by atoms with Crippen LogP contribution in [-0.4, -0.2) is 41.4 Å². The minimum atomic E-state index is -0.418. The Morgan fingerprint density at radius 2 is 2.31 bits per heavy atom. The molecule has 1 unspecified atom stereocenters. The number of aliphatic hydroxyl groups is 1. The van der Waals surface area contributed by atoms with Crippen LogP contribution in [0.5, 0.6) is 0 Å². The monoisotopic (exact) mass is 219 g/mol. The maximum absolute atomic E-state index is 12.0. The number of aliphatic hydroxyl groups excluding tert-OH is 1. The van der Waals surface area contributed by atoms with E-state index < -0.39 is 6.10 Å². The molecule has 0 saturated carbocycles. The molecule has 1 amide bonds. The number of nitrogens with zero attached hydrogens (tertiary/aromatic N) is 1. The van der Waals surface area contributed by atoms with E-state index in [2.05, 4.69) is 0 Å². The molecule has 0 spiro atoms. The Morgan fingerprint density at radius 1 is 1.50 bits per heavy atom. The molecule has 0 aromatic heterocycles. The van der Waals surface area contributed by atoms with E-state index in [1.807, 2.05) is 0 Å². The highest BCUT2D eigenvalue weighted by molar-refractivity contribution is 5.95. The molecule has 84 valence electrons. The molecule has 1 aromatic carbocycles. The van der Waals surface area contributed by atoms with Crippen molar-refractivity contribution in [3.63, 3.8) is 0 Å². The number of hydrogen-bond acceptors (Lipinski definition) is 3. The quantitative estimate of drug-likeness (QED) is 0.745. The number of benzene rings is 1. The van der Waals surface area contributed by atoms with Crippen molar-refractivity contribution in [3.8, 4) is 0 Å². The first-order valence-corrected chi connectivity index (χ1v) is 5.23. The molecule has 1 atom stereocenters. The van der Waals surface area contributed by atoms with Gasteiger partial charge in [0.05, 0.1) is 6.10 Å². The van der Waals surface area contributed by atoms with Gasteiger partial charge in [0.25, 0.3) is 5.91 Å². The molecule has 1 heterocycles. The van der Waals surface area contributed by atoms with Crippen LogP contribution in [0.1, 0.15) is 27.1 Å². The number of amides is 1. The van der Waals surface area contributed by atoms with Crippen LogP contribution in [0, 0.1) is 0 Å². The van der Waals surface area contributed by atoms with E-state index >= 15 is 0 Å². The van der Waals surface area contributed by atoms with Gasteiger partial charge in [-0.1, -0.05) is 12.1 Å². The third kappa shape index (κ3) is 2.12. The van der Waals surface area contributed by atoms with E-state index in [4.69, 9.17) is 0 Å². The van der Waals surface area contributed by atoms with Crippen LogP contribution in [0.3, 0.4) is 0 Å². The molecule has 1 saturated heterocycles. The van der Waals surface area contributed by atoms with E-state index in [9.17, 15) is 14.7 Å². The molecule has 1 aliphatic heterocycles. The van der Waals surface area contributed by atoms with Gasteiger partial charge in [-0.25, -0.2) is 0 Å². The van der Waals surface area contributed by atoms with Crippen molar-refractivity contribution in [2.45, 2.75) is 12.5 Å². The molecule has 0 bridgehead atoms. The molecule has 1 aliphatic rings. The van der Waals surface area contributed by atoms with Gasteiger partial charge in [-0.3, -0.25) is 9.59 Å². The first-order valence-electron chi connectivity index (χ1n) is 5.23. The van der Waals surface area contributed by atoms with Gasteiger partial charge in [0, 0.05) is 24.2 Å². The van der Waals surface area contributed by atoms with Crippen molar-refractivity contribution in [1.82, 2.24) is 4.90 Å². The summed E-state index contributed by atoms with van der Waals surface area (Å²) in [6, 6.07) is 6.59. The standard InChI is InChI=1S/C12H13NO3/c14-8-9-2-1-3-10(6-9)12(16)13-5-4-11(15)7-13/h1-3,6,8,11,15H,4-5,7H2. The first kappa shape index (κ1) is 10.8. The average Bonchev–Trinajstić information content (AvgIpc) is 2.75. The van der Waals surface area contributed by atoms with E-state index in [1.165, 1.54) is 0 Å². The number of hydrogen-bond donors (Lipinski definition) is 1. The van der Waals surface area contributed by atoms with Crippen molar-refractivity contribution >= 4 is 12.2 Å². The summed E-state index contributed by atoms with van der Waals surface area (Å²) in [5, 5.41) is 9.35. The lowest BCUT2D eigenvalue weighted by Gasteiger charge is -2.15. The lowest BCUT2D eigenvalue weighted by molar-refractivity contribution is 0.0765. The highest BCUT2D eigenvalue weighted by Crippen LogP contribution is 2.14. The molecule has 0 radical (unpaired) electrons. The van der Waals surface area contributed by atoms with Gasteiger partial charge in [0.2, 0.25) is 0 Å². The lowest BCUT2D eigenvalue weighted by atomic mass is 10.1. The zero-order valence-electron chi connectivity index (χ0n) is 8.80. The molecule has 0 aliphatic carbocycles. The van der Waals surface area contributed by atoms with Crippen LogP contribution in [0.4, 0.5) is 0 Å². The van der Waals surface area contributed by atoms with Crippen molar-refractivity contribution < 1.29 is 14.7 Å². The van der Waals surface area contributed by atoms with Crippen LogP contribution < -0.4 is 0 Å². The summed E-state index contributed by atoms with van der Waals surface area (Å²) >= 11 is 0. The summed E-state index contributed by atoms with van der Waals surface area (Å²) in [4.78, 5) is 24.2. The number of aldehydes is 1. The fraction of sp³-hybridized carbons (Fsp3) is 0.333. The van der Waals surface area contributed by atoms with E-state index in [1.54, 1.807) is 29.2 Å². The number of carbonyl (C=O) groups excluding carboxylic acids is 2. The molecule has 16 heavy (non-hydrogen) atoms. The number of rotatable bonds is 2. The third-order valence-corrected chi connectivity index (χ3v) is 2.72. The van der Waals surface area contributed by atoms with Gasteiger partial charge in [0.1, 0.15) is 6.29 Å². The lowest BCUT2D eigenvalue weighted by Crippen LogP contribution is -2.29. The summed E-state index contributed by atoms with van der Waals surface area (Å²) in [7, 11) is 0. The molecule has 1 aromatic rings. The van der Waals surface area contributed by atoms with Gasteiger partial charge < -0.3 is 10.0 Å². The third-order valence-electron chi connectivity index (χ3n) is 2.72. The predicted octanol–water partition coefficient (Wildman–Crippen LogP) is 0.706. The Labute approximate surface area is 93.5 Å². The van der Waals surface area contributed by atoms with Crippen molar-refractivity contribution in [2.75, 3.05) is 13.1 Å². The Balaban J connectivity index is 2.17. The molecular formula is C12H13NO3. The second-order valence-corrected chi connectivity index (χ2v) is 3.94.